The van der Waals surface area contributed by atoms with Gasteiger partial charge in [-0.2, -0.15) is 0 Å². The predicted molar refractivity (Wildman–Crippen MR) is 57.3 cm³/mol. The summed E-state index contributed by atoms with van der Waals surface area (Å²) in [6.07, 6.45) is 0. The predicted octanol–water partition coefficient (Wildman–Crippen LogP) is 0.805. The van der Waals surface area contributed by atoms with E-state index in [1.807, 2.05) is 0 Å². The highest BCUT2D eigenvalue weighted by Crippen LogP contribution is 2.13. The van der Waals surface area contributed by atoms with E-state index in [0.29, 0.717) is 0 Å². The molecule has 0 spiro atoms. The van der Waals surface area contributed by atoms with Crippen molar-refractivity contribution in [2.45, 2.75) is 4.90 Å². The Bertz CT molecular complexity index is 478. The van der Waals surface area contributed by atoms with Crippen molar-refractivity contribution >= 4 is 15.8 Å². The molecule has 1 aromatic carbocycles. The van der Waals surface area contributed by atoms with Crippen LogP contribution in [0.1, 0.15) is 10.4 Å². The van der Waals surface area contributed by atoms with Gasteiger partial charge in [0.2, 0.25) is 0 Å². The molecular formula is C10H12O5S. The van der Waals surface area contributed by atoms with Crippen molar-refractivity contribution in [3.63, 3.8) is 0 Å². The van der Waals surface area contributed by atoms with E-state index in [-0.39, 0.29) is 22.8 Å². The number of carboxylic acid groups (broad SMARTS) is 1. The van der Waals surface area contributed by atoms with Gasteiger partial charge in [-0.3, -0.25) is 0 Å². The summed E-state index contributed by atoms with van der Waals surface area (Å²) in [7, 11) is -2.06. The fourth-order valence-electron chi connectivity index (χ4n) is 1.13. The van der Waals surface area contributed by atoms with E-state index in [1.165, 1.54) is 25.3 Å². The summed E-state index contributed by atoms with van der Waals surface area (Å²) >= 11 is 0. The molecule has 1 aromatic rings. The molecule has 6 heteroatoms. The van der Waals surface area contributed by atoms with Gasteiger partial charge in [-0.05, 0) is 18.2 Å². The van der Waals surface area contributed by atoms with Crippen molar-refractivity contribution in [3.05, 3.63) is 29.8 Å². The SMILES string of the molecule is COCCS(=O)(=O)c1cccc(C(=O)O)c1. The third-order valence-electron chi connectivity index (χ3n) is 2.00. The third kappa shape index (κ3) is 3.04. The van der Waals surface area contributed by atoms with Crippen LogP contribution in [0.5, 0.6) is 0 Å². The Kier molecular flexibility index (Phi) is 4.03. The topological polar surface area (TPSA) is 80.7 Å². The van der Waals surface area contributed by atoms with Crippen molar-refractivity contribution in [2.24, 2.45) is 0 Å². The van der Waals surface area contributed by atoms with Gasteiger partial charge in [-0.1, -0.05) is 6.07 Å². The van der Waals surface area contributed by atoms with Crippen molar-refractivity contribution in [1.82, 2.24) is 0 Å². The van der Waals surface area contributed by atoms with E-state index < -0.39 is 15.8 Å². The average molecular weight is 244 g/mol. The molecule has 5 nitrogen and oxygen atoms in total. The molecule has 0 unspecified atom stereocenters. The zero-order valence-corrected chi connectivity index (χ0v) is 9.53. The highest BCUT2D eigenvalue weighted by Gasteiger charge is 2.15. The van der Waals surface area contributed by atoms with Crippen LogP contribution in [0.3, 0.4) is 0 Å². The van der Waals surface area contributed by atoms with Crippen LogP contribution in [0.15, 0.2) is 29.2 Å². The molecule has 0 radical (unpaired) electrons. The molecule has 0 amide bonds. The van der Waals surface area contributed by atoms with Crippen molar-refractivity contribution in [1.29, 1.82) is 0 Å². The Morgan fingerprint density at radius 1 is 1.44 bits per heavy atom. The maximum atomic E-state index is 11.7. The smallest absolute Gasteiger partial charge is 0.335 e. The number of ether oxygens (including phenoxy) is 1. The number of methoxy groups -OCH3 is 1. The van der Waals surface area contributed by atoms with Crippen LogP contribution in [0.2, 0.25) is 0 Å². The molecule has 0 saturated carbocycles. The summed E-state index contributed by atoms with van der Waals surface area (Å²) in [4.78, 5) is 10.7. The van der Waals surface area contributed by atoms with Gasteiger partial charge in [0.1, 0.15) is 0 Å². The molecule has 0 bridgehead atoms. The monoisotopic (exact) mass is 244 g/mol. The normalized spacial score (nSPS) is 11.3. The van der Waals surface area contributed by atoms with Gasteiger partial charge in [0.05, 0.1) is 22.8 Å². The van der Waals surface area contributed by atoms with Crippen LogP contribution < -0.4 is 0 Å². The molecule has 0 heterocycles. The van der Waals surface area contributed by atoms with Crippen LogP contribution in [0.4, 0.5) is 0 Å². The standard InChI is InChI=1S/C10H12O5S/c1-15-5-6-16(13,14)9-4-2-3-8(7-9)10(11)12/h2-4,7H,5-6H2,1H3,(H,11,12). The molecular weight excluding hydrogens is 232 g/mol. The number of aromatic carboxylic acids is 1. The molecule has 0 aliphatic rings. The van der Waals surface area contributed by atoms with Gasteiger partial charge in [-0.15, -0.1) is 0 Å². The number of carbonyl (C=O) groups is 1. The van der Waals surface area contributed by atoms with E-state index in [9.17, 15) is 13.2 Å². The van der Waals surface area contributed by atoms with E-state index in [0.717, 1.165) is 6.07 Å². The van der Waals surface area contributed by atoms with Crippen LogP contribution in [-0.2, 0) is 14.6 Å². The first-order valence-corrected chi connectivity index (χ1v) is 6.17. The van der Waals surface area contributed by atoms with Crippen molar-refractivity contribution < 1.29 is 23.1 Å². The lowest BCUT2D eigenvalue weighted by Crippen LogP contribution is -2.12. The highest BCUT2D eigenvalue weighted by molar-refractivity contribution is 7.91. The lowest BCUT2D eigenvalue weighted by Gasteiger charge is -2.04. The van der Waals surface area contributed by atoms with E-state index in [2.05, 4.69) is 4.74 Å². The minimum absolute atomic E-state index is 0.00412. The summed E-state index contributed by atoms with van der Waals surface area (Å²) in [5.41, 5.74) is -0.0431. The van der Waals surface area contributed by atoms with Gasteiger partial charge in [-0.25, -0.2) is 13.2 Å². The summed E-state index contributed by atoms with van der Waals surface area (Å²) in [6.45, 7) is 0.0830. The molecule has 0 saturated heterocycles. The van der Waals surface area contributed by atoms with Crippen LogP contribution >= 0.6 is 0 Å². The molecule has 1 N–H and O–H groups in total. The maximum absolute atomic E-state index is 11.7. The van der Waals surface area contributed by atoms with Gasteiger partial charge in [0.15, 0.2) is 9.84 Å². The Morgan fingerprint density at radius 2 is 2.12 bits per heavy atom. The fourth-order valence-corrected chi connectivity index (χ4v) is 2.35. The second kappa shape index (κ2) is 5.09. The van der Waals surface area contributed by atoms with Crippen LogP contribution in [0, 0.1) is 0 Å². The Labute approximate surface area is 93.6 Å². The molecule has 16 heavy (non-hydrogen) atoms. The summed E-state index contributed by atoms with van der Waals surface area (Å²) in [5.74, 6) is -1.31. The lowest BCUT2D eigenvalue weighted by molar-refractivity contribution is 0.0696. The second-order valence-corrected chi connectivity index (χ2v) is 5.25. The second-order valence-electron chi connectivity index (χ2n) is 3.14. The van der Waals surface area contributed by atoms with Gasteiger partial charge in [0, 0.05) is 7.11 Å². The number of benzene rings is 1. The number of carboxylic acids is 1. The molecule has 0 atom stereocenters. The quantitative estimate of drug-likeness (QED) is 0.828. The first-order valence-electron chi connectivity index (χ1n) is 4.52. The zero-order chi connectivity index (χ0) is 12.2. The number of hydrogen-bond acceptors (Lipinski definition) is 4. The van der Waals surface area contributed by atoms with Gasteiger partial charge < -0.3 is 9.84 Å². The third-order valence-corrected chi connectivity index (χ3v) is 3.67. The van der Waals surface area contributed by atoms with E-state index in [4.69, 9.17) is 5.11 Å². The Balaban J connectivity index is 3.04. The minimum Gasteiger partial charge on any atom is -0.478 e. The first kappa shape index (κ1) is 12.7. The zero-order valence-electron chi connectivity index (χ0n) is 8.71. The number of rotatable bonds is 5. The largest absolute Gasteiger partial charge is 0.478 e. The van der Waals surface area contributed by atoms with E-state index >= 15 is 0 Å². The summed E-state index contributed by atoms with van der Waals surface area (Å²) in [5, 5.41) is 8.73. The Hall–Kier alpha value is -1.40. The summed E-state index contributed by atoms with van der Waals surface area (Å²) < 4.78 is 28.1. The maximum Gasteiger partial charge on any atom is 0.335 e. The lowest BCUT2D eigenvalue weighted by atomic mass is 10.2. The molecule has 0 fully saturated rings. The fraction of sp³-hybridized carbons (Fsp3) is 0.300. The van der Waals surface area contributed by atoms with Crippen LogP contribution in [0.25, 0.3) is 0 Å². The molecule has 0 aromatic heterocycles. The van der Waals surface area contributed by atoms with Gasteiger partial charge in [0.25, 0.3) is 0 Å². The van der Waals surface area contributed by atoms with E-state index in [1.54, 1.807) is 0 Å². The van der Waals surface area contributed by atoms with Crippen molar-refractivity contribution in [2.75, 3.05) is 19.5 Å². The Morgan fingerprint density at radius 3 is 2.69 bits per heavy atom. The molecule has 0 aliphatic carbocycles. The highest BCUT2D eigenvalue weighted by atomic mass is 32.2. The van der Waals surface area contributed by atoms with Crippen molar-refractivity contribution in [3.8, 4) is 0 Å². The number of sulfone groups is 1. The molecule has 1 rings (SSSR count). The molecule has 88 valence electrons. The minimum atomic E-state index is -3.47. The summed E-state index contributed by atoms with van der Waals surface area (Å²) in [6, 6.07) is 5.27. The first-order chi connectivity index (χ1) is 7.47. The molecule has 0 aliphatic heterocycles. The van der Waals surface area contributed by atoms with Crippen LogP contribution in [-0.4, -0.2) is 39.0 Å². The van der Waals surface area contributed by atoms with Gasteiger partial charge >= 0.3 is 5.97 Å². The average Bonchev–Trinajstić information content (AvgIpc) is 2.26. The number of hydrogen-bond donors (Lipinski definition) is 1.